The molecule has 1 aliphatic heterocycles. The van der Waals surface area contributed by atoms with Gasteiger partial charge in [0.2, 0.25) is 17.6 Å². The molecule has 2 heterocycles. The number of aryl methyl sites for hydroxylation is 1. The Balaban J connectivity index is 1.59. The van der Waals surface area contributed by atoms with Gasteiger partial charge in [0.05, 0.1) is 5.92 Å². The number of carbonyl (C=O) groups is 1. The minimum atomic E-state index is -0.321. The summed E-state index contributed by atoms with van der Waals surface area (Å²) in [5.41, 5.74) is 3.04. The second-order valence-electron chi connectivity index (χ2n) is 6.62. The van der Waals surface area contributed by atoms with Gasteiger partial charge in [0, 0.05) is 29.8 Å². The van der Waals surface area contributed by atoms with Gasteiger partial charge < -0.3 is 9.42 Å². The third-order valence-electron chi connectivity index (χ3n) is 4.72. The summed E-state index contributed by atoms with van der Waals surface area (Å²) in [4.78, 5) is 18.5. The summed E-state index contributed by atoms with van der Waals surface area (Å²) in [6.45, 7) is 4.08. The van der Waals surface area contributed by atoms with Crippen LogP contribution in [0.1, 0.15) is 29.4 Å². The van der Waals surface area contributed by atoms with E-state index in [0.29, 0.717) is 29.5 Å². The normalized spacial score (nSPS) is 17.1. The maximum Gasteiger partial charge on any atom is 0.232 e. The third kappa shape index (κ3) is 2.87. The first kappa shape index (κ1) is 16.4. The Hall–Kier alpha value is -3.02. The van der Waals surface area contributed by atoms with E-state index >= 15 is 0 Å². The molecular formula is C20H18FN3O2. The zero-order valence-electron chi connectivity index (χ0n) is 14.6. The maximum atomic E-state index is 13.8. The van der Waals surface area contributed by atoms with Gasteiger partial charge >= 0.3 is 0 Å². The largest absolute Gasteiger partial charge is 0.339 e. The quantitative estimate of drug-likeness (QED) is 0.715. The van der Waals surface area contributed by atoms with E-state index < -0.39 is 0 Å². The molecule has 1 unspecified atom stereocenters. The van der Waals surface area contributed by atoms with E-state index in [-0.39, 0.29) is 24.1 Å². The van der Waals surface area contributed by atoms with E-state index in [1.807, 2.05) is 31.2 Å². The van der Waals surface area contributed by atoms with E-state index in [1.165, 1.54) is 6.07 Å². The molecule has 2 aromatic carbocycles. The number of aromatic nitrogens is 2. The van der Waals surface area contributed by atoms with Gasteiger partial charge in [-0.3, -0.25) is 4.79 Å². The summed E-state index contributed by atoms with van der Waals surface area (Å²) in [7, 11) is 0. The number of benzene rings is 2. The van der Waals surface area contributed by atoms with Crippen molar-refractivity contribution in [2.24, 2.45) is 0 Å². The van der Waals surface area contributed by atoms with Crippen LogP contribution in [0.5, 0.6) is 0 Å². The average Bonchev–Trinajstić information content (AvgIpc) is 3.24. The molecule has 0 N–H and O–H groups in total. The second-order valence-corrected chi connectivity index (χ2v) is 6.62. The SMILES string of the molecule is Cc1cccc(-c2noc(C3CC(=O)N(c4cccc(F)c4C)C3)n2)c1. The second kappa shape index (κ2) is 6.37. The Morgan fingerprint density at radius 1 is 1.19 bits per heavy atom. The van der Waals surface area contributed by atoms with Crippen LogP contribution in [-0.4, -0.2) is 22.6 Å². The van der Waals surface area contributed by atoms with Crippen LogP contribution < -0.4 is 4.90 Å². The smallest absolute Gasteiger partial charge is 0.232 e. The van der Waals surface area contributed by atoms with E-state index in [9.17, 15) is 9.18 Å². The molecule has 0 bridgehead atoms. The Kier molecular flexibility index (Phi) is 4.03. The fourth-order valence-corrected chi connectivity index (χ4v) is 3.30. The summed E-state index contributed by atoms with van der Waals surface area (Å²) in [5, 5.41) is 4.05. The molecule has 132 valence electrons. The molecule has 1 aliphatic rings. The molecule has 0 radical (unpaired) electrons. The van der Waals surface area contributed by atoms with Crippen LogP contribution in [-0.2, 0) is 4.79 Å². The summed E-state index contributed by atoms with van der Waals surface area (Å²) in [6, 6.07) is 12.6. The lowest BCUT2D eigenvalue weighted by atomic mass is 10.1. The van der Waals surface area contributed by atoms with Crippen molar-refractivity contribution in [3.05, 3.63) is 65.3 Å². The van der Waals surface area contributed by atoms with Crippen molar-refractivity contribution in [1.82, 2.24) is 10.1 Å². The molecule has 1 amide bonds. The number of carbonyl (C=O) groups excluding carboxylic acids is 1. The monoisotopic (exact) mass is 351 g/mol. The van der Waals surface area contributed by atoms with Crippen molar-refractivity contribution < 1.29 is 13.7 Å². The standard InChI is InChI=1S/C20H18FN3O2/c1-12-5-3-6-14(9-12)19-22-20(26-23-19)15-10-18(25)24(11-15)17-8-4-7-16(21)13(17)2/h3-9,15H,10-11H2,1-2H3. The lowest BCUT2D eigenvalue weighted by Crippen LogP contribution is -2.25. The highest BCUT2D eigenvalue weighted by molar-refractivity contribution is 5.97. The van der Waals surface area contributed by atoms with Crippen LogP contribution in [0.3, 0.4) is 0 Å². The van der Waals surface area contributed by atoms with Crippen LogP contribution in [0.4, 0.5) is 10.1 Å². The zero-order valence-corrected chi connectivity index (χ0v) is 14.6. The Bertz CT molecular complexity index is 983. The van der Waals surface area contributed by atoms with Gasteiger partial charge in [-0.25, -0.2) is 4.39 Å². The lowest BCUT2D eigenvalue weighted by molar-refractivity contribution is -0.117. The molecule has 0 spiro atoms. The highest BCUT2D eigenvalue weighted by Crippen LogP contribution is 2.34. The first-order chi connectivity index (χ1) is 12.5. The number of amides is 1. The topological polar surface area (TPSA) is 59.2 Å². The highest BCUT2D eigenvalue weighted by atomic mass is 19.1. The molecule has 1 aromatic heterocycles. The Labute approximate surface area is 150 Å². The van der Waals surface area contributed by atoms with Gasteiger partial charge in [-0.2, -0.15) is 4.98 Å². The zero-order chi connectivity index (χ0) is 18.3. The van der Waals surface area contributed by atoms with Crippen molar-refractivity contribution in [3.8, 4) is 11.4 Å². The average molecular weight is 351 g/mol. The van der Waals surface area contributed by atoms with Gasteiger partial charge in [0.15, 0.2) is 0 Å². The minimum Gasteiger partial charge on any atom is -0.339 e. The fourth-order valence-electron chi connectivity index (χ4n) is 3.30. The maximum absolute atomic E-state index is 13.8. The van der Waals surface area contributed by atoms with Gasteiger partial charge in [0.1, 0.15) is 5.82 Å². The summed E-state index contributed by atoms with van der Waals surface area (Å²) < 4.78 is 19.2. The molecule has 26 heavy (non-hydrogen) atoms. The first-order valence-electron chi connectivity index (χ1n) is 8.49. The molecule has 0 saturated carbocycles. The summed E-state index contributed by atoms with van der Waals surface area (Å²) >= 11 is 0. The van der Waals surface area contributed by atoms with E-state index in [2.05, 4.69) is 10.1 Å². The predicted octanol–water partition coefficient (Wildman–Crippen LogP) is 4.01. The number of halogens is 1. The molecule has 1 fully saturated rings. The number of hydrogen-bond donors (Lipinski definition) is 0. The van der Waals surface area contributed by atoms with Crippen molar-refractivity contribution >= 4 is 11.6 Å². The van der Waals surface area contributed by atoms with Crippen molar-refractivity contribution in [1.29, 1.82) is 0 Å². The number of nitrogens with zero attached hydrogens (tertiary/aromatic N) is 3. The molecule has 4 rings (SSSR count). The molecule has 1 saturated heterocycles. The van der Waals surface area contributed by atoms with Crippen LogP contribution in [0.15, 0.2) is 47.0 Å². The Morgan fingerprint density at radius 3 is 2.81 bits per heavy atom. The predicted molar refractivity (Wildman–Crippen MR) is 95.3 cm³/mol. The molecule has 5 nitrogen and oxygen atoms in total. The Morgan fingerprint density at radius 2 is 2.00 bits per heavy atom. The van der Waals surface area contributed by atoms with Crippen LogP contribution >= 0.6 is 0 Å². The van der Waals surface area contributed by atoms with Crippen molar-refractivity contribution in [3.63, 3.8) is 0 Å². The molecule has 1 atom stereocenters. The molecule has 3 aromatic rings. The fraction of sp³-hybridized carbons (Fsp3) is 0.250. The van der Waals surface area contributed by atoms with E-state index in [1.54, 1.807) is 24.0 Å². The van der Waals surface area contributed by atoms with Crippen molar-refractivity contribution in [2.45, 2.75) is 26.2 Å². The molecule has 6 heteroatoms. The number of anilines is 1. The lowest BCUT2D eigenvalue weighted by Gasteiger charge is -2.18. The van der Waals surface area contributed by atoms with Gasteiger partial charge in [-0.05, 0) is 32.0 Å². The molecular weight excluding hydrogens is 333 g/mol. The molecule has 0 aliphatic carbocycles. The van der Waals surface area contributed by atoms with Gasteiger partial charge in [-0.15, -0.1) is 0 Å². The minimum absolute atomic E-state index is 0.0704. The van der Waals surface area contributed by atoms with E-state index in [4.69, 9.17) is 4.52 Å². The summed E-state index contributed by atoms with van der Waals surface area (Å²) in [5.74, 6) is 0.358. The van der Waals surface area contributed by atoms with E-state index in [0.717, 1.165) is 11.1 Å². The highest BCUT2D eigenvalue weighted by Gasteiger charge is 2.36. The summed E-state index contributed by atoms with van der Waals surface area (Å²) in [6.07, 6.45) is 0.269. The van der Waals surface area contributed by atoms with Gasteiger partial charge in [0.25, 0.3) is 0 Å². The van der Waals surface area contributed by atoms with Crippen molar-refractivity contribution in [2.75, 3.05) is 11.4 Å². The first-order valence-corrected chi connectivity index (χ1v) is 8.49. The number of hydrogen-bond acceptors (Lipinski definition) is 4. The van der Waals surface area contributed by atoms with Crippen LogP contribution in [0.25, 0.3) is 11.4 Å². The van der Waals surface area contributed by atoms with Gasteiger partial charge in [-0.1, -0.05) is 35.0 Å². The number of rotatable bonds is 3. The van der Waals surface area contributed by atoms with Crippen LogP contribution in [0, 0.1) is 19.7 Å². The van der Waals surface area contributed by atoms with Crippen LogP contribution in [0.2, 0.25) is 0 Å². The third-order valence-corrected chi connectivity index (χ3v) is 4.72.